The topological polar surface area (TPSA) is 74.6 Å². The standard InChI is InChI=1S/C6H8O4/c1-3(6(9)10)5(8)4(2)7/h8H,1-2H3,(H,9,10)/b5-3-. The number of carbonyl (C=O) groups is 2. The Bertz CT molecular complexity index is 180. The first-order chi connectivity index (χ1) is 4.46. The molecule has 0 spiro atoms. The van der Waals surface area contributed by atoms with Gasteiger partial charge in [-0.25, -0.2) is 4.79 Å². The Morgan fingerprint density at radius 2 is 1.50 bits per heavy atom. The van der Waals surface area contributed by atoms with Crippen LogP contribution in [-0.4, -0.2) is 22.0 Å². The highest BCUT2D eigenvalue weighted by Gasteiger charge is 2.10. The van der Waals surface area contributed by atoms with Crippen molar-refractivity contribution in [2.75, 3.05) is 0 Å². The molecule has 0 aromatic heterocycles. The van der Waals surface area contributed by atoms with E-state index in [0.29, 0.717) is 0 Å². The van der Waals surface area contributed by atoms with E-state index in [-0.39, 0.29) is 5.57 Å². The highest BCUT2D eigenvalue weighted by molar-refractivity contribution is 5.99. The van der Waals surface area contributed by atoms with E-state index >= 15 is 0 Å². The minimum atomic E-state index is -1.28. The Morgan fingerprint density at radius 3 is 1.60 bits per heavy atom. The molecule has 56 valence electrons. The van der Waals surface area contributed by atoms with E-state index in [2.05, 4.69) is 0 Å². The summed E-state index contributed by atoms with van der Waals surface area (Å²) in [6.07, 6.45) is 0. The van der Waals surface area contributed by atoms with Gasteiger partial charge in [-0.15, -0.1) is 0 Å². The highest BCUT2D eigenvalue weighted by atomic mass is 16.4. The smallest absolute Gasteiger partial charge is 0.335 e. The molecule has 0 unspecified atom stereocenters. The molecule has 0 bridgehead atoms. The predicted molar refractivity (Wildman–Crippen MR) is 33.6 cm³/mol. The van der Waals surface area contributed by atoms with Gasteiger partial charge in [0.1, 0.15) is 0 Å². The zero-order valence-corrected chi connectivity index (χ0v) is 5.71. The number of carbonyl (C=O) groups excluding carboxylic acids is 1. The van der Waals surface area contributed by atoms with Crippen LogP contribution in [0.15, 0.2) is 11.3 Å². The maximum Gasteiger partial charge on any atom is 0.335 e. The Labute approximate surface area is 57.8 Å². The van der Waals surface area contributed by atoms with Gasteiger partial charge in [0.15, 0.2) is 11.5 Å². The van der Waals surface area contributed by atoms with Crippen LogP contribution in [-0.2, 0) is 9.59 Å². The van der Waals surface area contributed by atoms with Crippen molar-refractivity contribution in [2.24, 2.45) is 0 Å². The van der Waals surface area contributed by atoms with Crippen LogP contribution in [0.2, 0.25) is 0 Å². The summed E-state index contributed by atoms with van der Waals surface area (Å²) in [6, 6.07) is 0. The first kappa shape index (κ1) is 8.68. The van der Waals surface area contributed by atoms with Gasteiger partial charge in [-0.05, 0) is 6.92 Å². The third-order valence-electron chi connectivity index (χ3n) is 1.01. The number of ketones is 1. The molecule has 4 heteroatoms. The minimum absolute atomic E-state index is 0.326. The summed E-state index contributed by atoms with van der Waals surface area (Å²) in [5, 5.41) is 16.9. The van der Waals surface area contributed by atoms with Crippen LogP contribution in [0.25, 0.3) is 0 Å². The van der Waals surface area contributed by atoms with Crippen molar-refractivity contribution in [1.82, 2.24) is 0 Å². The normalized spacial score (nSPS) is 12.2. The molecule has 0 atom stereocenters. The van der Waals surface area contributed by atoms with E-state index < -0.39 is 17.5 Å². The molecule has 0 aliphatic heterocycles. The van der Waals surface area contributed by atoms with Gasteiger partial charge in [0.2, 0.25) is 0 Å². The van der Waals surface area contributed by atoms with Crippen LogP contribution in [0, 0.1) is 0 Å². The third-order valence-corrected chi connectivity index (χ3v) is 1.01. The van der Waals surface area contributed by atoms with E-state index in [4.69, 9.17) is 10.2 Å². The molecular formula is C6H8O4. The first-order valence-corrected chi connectivity index (χ1v) is 2.61. The van der Waals surface area contributed by atoms with E-state index in [1.165, 1.54) is 6.92 Å². The van der Waals surface area contributed by atoms with Crippen molar-refractivity contribution in [2.45, 2.75) is 13.8 Å². The fourth-order valence-electron chi connectivity index (χ4n) is 0.365. The summed E-state index contributed by atoms with van der Waals surface area (Å²) in [7, 11) is 0. The minimum Gasteiger partial charge on any atom is -0.504 e. The fraction of sp³-hybridized carbons (Fsp3) is 0.333. The van der Waals surface area contributed by atoms with Crippen LogP contribution in [0.4, 0.5) is 0 Å². The largest absolute Gasteiger partial charge is 0.504 e. The first-order valence-electron chi connectivity index (χ1n) is 2.61. The van der Waals surface area contributed by atoms with Crippen LogP contribution in [0.3, 0.4) is 0 Å². The second-order valence-corrected chi connectivity index (χ2v) is 1.83. The van der Waals surface area contributed by atoms with Gasteiger partial charge < -0.3 is 10.2 Å². The summed E-state index contributed by atoms with van der Waals surface area (Å²) in [4.78, 5) is 20.4. The number of Topliss-reactive ketones (excluding diaryl/α,β-unsaturated/α-hetero) is 1. The molecule has 0 aromatic carbocycles. The molecule has 0 saturated carbocycles. The van der Waals surface area contributed by atoms with Gasteiger partial charge in [0.25, 0.3) is 0 Å². The molecule has 0 fully saturated rings. The summed E-state index contributed by atoms with van der Waals surface area (Å²) in [5.74, 6) is -2.61. The lowest BCUT2D eigenvalue weighted by Crippen LogP contribution is -2.06. The Morgan fingerprint density at radius 1 is 1.10 bits per heavy atom. The number of carboxylic acid groups (broad SMARTS) is 1. The Hall–Kier alpha value is -1.32. The number of carboxylic acids is 1. The van der Waals surface area contributed by atoms with Gasteiger partial charge in [0, 0.05) is 6.92 Å². The molecule has 0 aliphatic rings. The maximum atomic E-state index is 10.3. The number of allylic oxidation sites excluding steroid dienone is 1. The van der Waals surface area contributed by atoms with Gasteiger partial charge in [-0.2, -0.15) is 0 Å². The predicted octanol–water partition coefficient (Wildman–Crippen LogP) is 0.492. The average Bonchev–Trinajstić information content (AvgIpc) is 1.84. The van der Waals surface area contributed by atoms with Crippen molar-refractivity contribution in [3.8, 4) is 0 Å². The number of hydrogen-bond donors (Lipinski definition) is 2. The monoisotopic (exact) mass is 144 g/mol. The summed E-state index contributed by atoms with van der Waals surface area (Å²) in [6.45, 7) is 2.26. The molecule has 0 rings (SSSR count). The number of aliphatic hydroxyl groups is 1. The SMILES string of the molecule is CC(=O)/C(O)=C(\C)C(=O)O. The fourth-order valence-corrected chi connectivity index (χ4v) is 0.365. The van der Waals surface area contributed by atoms with Crippen molar-refractivity contribution in [1.29, 1.82) is 0 Å². The van der Waals surface area contributed by atoms with Crippen molar-refractivity contribution in [3.05, 3.63) is 11.3 Å². The van der Waals surface area contributed by atoms with Crippen LogP contribution < -0.4 is 0 Å². The summed E-state index contributed by atoms with van der Waals surface area (Å²) < 4.78 is 0. The quantitative estimate of drug-likeness (QED) is 0.437. The maximum absolute atomic E-state index is 10.3. The molecule has 10 heavy (non-hydrogen) atoms. The number of hydrogen-bond acceptors (Lipinski definition) is 3. The van der Waals surface area contributed by atoms with Gasteiger partial charge >= 0.3 is 5.97 Å². The van der Waals surface area contributed by atoms with Crippen LogP contribution in [0.5, 0.6) is 0 Å². The Kier molecular flexibility index (Phi) is 2.61. The molecule has 0 heterocycles. The zero-order valence-electron chi connectivity index (χ0n) is 5.71. The second kappa shape index (κ2) is 3.00. The van der Waals surface area contributed by atoms with Gasteiger partial charge in [0.05, 0.1) is 5.57 Å². The molecule has 0 radical (unpaired) electrons. The lowest BCUT2D eigenvalue weighted by Gasteiger charge is -1.95. The Balaban J connectivity index is 4.67. The number of rotatable bonds is 2. The van der Waals surface area contributed by atoms with Crippen LogP contribution in [0.1, 0.15) is 13.8 Å². The van der Waals surface area contributed by atoms with E-state index in [1.807, 2.05) is 0 Å². The zero-order chi connectivity index (χ0) is 8.31. The van der Waals surface area contributed by atoms with Crippen molar-refractivity contribution < 1.29 is 19.8 Å². The van der Waals surface area contributed by atoms with Gasteiger partial charge in [-0.3, -0.25) is 4.79 Å². The van der Waals surface area contributed by atoms with E-state index in [9.17, 15) is 9.59 Å². The van der Waals surface area contributed by atoms with Crippen molar-refractivity contribution >= 4 is 11.8 Å². The van der Waals surface area contributed by atoms with E-state index in [0.717, 1.165) is 6.92 Å². The lowest BCUT2D eigenvalue weighted by molar-refractivity contribution is -0.133. The van der Waals surface area contributed by atoms with Gasteiger partial charge in [-0.1, -0.05) is 0 Å². The molecule has 4 nitrogen and oxygen atoms in total. The molecular weight excluding hydrogens is 136 g/mol. The molecule has 0 amide bonds. The molecule has 0 aliphatic carbocycles. The highest BCUT2D eigenvalue weighted by Crippen LogP contribution is 2.00. The van der Waals surface area contributed by atoms with Crippen LogP contribution >= 0.6 is 0 Å². The molecule has 0 aromatic rings. The second-order valence-electron chi connectivity index (χ2n) is 1.83. The lowest BCUT2D eigenvalue weighted by atomic mass is 10.2. The summed E-state index contributed by atoms with van der Waals surface area (Å²) in [5.41, 5.74) is -0.326. The number of aliphatic carboxylic acids is 1. The molecule has 2 N–H and O–H groups in total. The summed E-state index contributed by atoms with van der Waals surface area (Å²) >= 11 is 0. The third kappa shape index (κ3) is 1.89. The average molecular weight is 144 g/mol. The van der Waals surface area contributed by atoms with Crippen molar-refractivity contribution in [3.63, 3.8) is 0 Å². The van der Waals surface area contributed by atoms with E-state index in [1.54, 1.807) is 0 Å². The molecule has 0 saturated heterocycles. The number of aliphatic hydroxyl groups excluding tert-OH is 1.